The summed E-state index contributed by atoms with van der Waals surface area (Å²) in [6.07, 6.45) is 5.36. The van der Waals surface area contributed by atoms with Crippen molar-refractivity contribution in [3.8, 4) is 11.4 Å². The van der Waals surface area contributed by atoms with Gasteiger partial charge in [0, 0.05) is 22.4 Å². The Morgan fingerprint density at radius 1 is 1.19 bits per heavy atom. The number of rotatable bonds is 6. The van der Waals surface area contributed by atoms with Crippen LogP contribution in [0.3, 0.4) is 0 Å². The molecular weight excluding hydrogens is 394 g/mol. The normalized spacial score (nSPS) is 10.8. The molecule has 1 aromatic heterocycles. The molecule has 26 heavy (non-hydrogen) atoms. The molecule has 5 nitrogen and oxygen atoms in total. The van der Waals surface area contributed by atoms with E-state index in [2.05, 4.69) is 26.5 Å². The molecule has 0 saturated heterocycles. The predicted octanol–water partition coefficient (Wildman–Crippen LogP) is 4.40. The van der Waals surface area contributed by atoms with Crippen molar-refractivity contribution >= 4 is 28.1 Å². The summed E-state index contributed by atoms with van der Waals surface area (Å²) < 4.78 is 8.37. The van der Waals surface area contributed by atoms with Crippen molar-refractivity contribution in [2.24, 2.45) is 5.10 Å². The fourth-order valence-electron chi connectivity index (χ4n) is 2.51. The number of nitrogens with zero attached hydrogens (tertiary/aromatic N) is 2. The molecule has 1 N–H and O–H groups in total. The highest BCUT2D eigenvalue weighted by atomic mass is 79.9. The highest BCUT2D eigenvalue weighted by Crippen LogP contribution is 2.21. The minimum atomic E-state index is -0.279. The van der Waals surface area contributed by atoms with Crippen LogP contribution in [0.2, 0.25) is 0 Å². The number of halogens is 1. The third-order valence-electron chi connectivity index (χ3n) is 3.67. The Morgan fingerprint density at radius 2 is 1.96 bits per heavy atom. The molecule has 3 rings (SSSR count). The molecule has 0 unspecified atom stereocenters. The molecule has 0 saturated carbocycles. The van der Waals surface area contributed by atoms with Crippen molar-refractivity contribution in [1.82, 2.24) is 9.99 Å². The number of hydrogen-bond acceptors (Lipinski definition) is 3. The Kier molecular flexibility index (Phi) is 5.86. The van der Waals surface area contributed by atoms with E-state index in [-0.39, 0.29) is 5.91 Å². The Bertz CT molecular complexity index is 921. The number of hydrazone groups is 1. The number of carbonyl (C=O) groups excluding carboxylic acids is 1. The van der Waals surface area contributed by atoms with E-state index in [9.17, 15) is 4.79 Å². The molecule has 1 heterocycles. The summed E-state index contributed by atoms with van der Waals surface area (Å²) in [5.41, 5.74) is 4.70. The third-order valence-corrected chi connectivity index (χ3v) is 4.17. The smallest absolute Gasteiger partial charge is 0.273 e. The fraction of sp³-hybridized carbons (Fsp3) is 0.100. The average molecular weight is 412 g/mol. The molecule has 0 aliphatic carbocycles. The molecule has 0 bridgehead atoms. The zero-order chi connectivity index (χ0) is 18.4. The Balaban J connectivity index is 1.78. The number of carbonyl (C=O) groups is 1. The Hall–Kier alpha value is -2.86. The molecule has 3 aromatic rings. The van der Waals surface area contributed by atoms with E-state index in [4.69, 9.17) is 4.74 Å². The first-order chi connectivity index (χ1) is 12.7. The van der Waals surface area contributed by atoms with Crippen LogP contribution in [0.1, 0.15) is 22.8 Å². The molecule has 0 atom stereocenters. The minimum Gasteiger partial charge on any atom is -0.493 e. The lowest BCUT2D eigenvalue weighted by molar-refractivity contribution is 0.0955. The second-order valence-electron chi connectivity index (χ2n) is 5.42. The number of aromatic nitrogens is 1. The highest BCUT2D eigenvalue weighted by Gasteiger charge is 2.11. The van der Waals surface area contributed by atoms with Gasteiger partial charge in [-0.25, -0.2) is 5.43 Å². The minimum absolute atomic E-state index is 0.279. The summed E-state index contributed by atoms with van der Waals surface area (Å²) >= 11 is 3.43. The van der Waals surface area contributed by atoms with Crippen molar-refractivity contribution in [1.29, 1.82) is 0 Å². The molecule has 0 radical (unpaired) electrons. The summed E-state index contributed by atoms with van der Waals surface area (Å²) in [7, 11) is 0. The molecule has 132 valence electrons. The second-order valence-corrected chi connectivity index (χ2v) is 6.34. The van der Waals surface area contributed by atoms with E-state index in [1.807, 2.05) is 72.4 Å². The van der Waals surface area contributed by atoms with Crippen LogP contribution in [0.25, 0.3) is 5.69 Å². The van der Waals surface area contributed by atoms with Crippen LogP contribution in [-0.4, -0.2) is 23.3 Å². The highest BCUT2D eigenvalue weighted by molar-refractivity contribution is 9.10. The van der Waals surface area contributed by atoms with Gasteiger partial charge in [0.1, 0.15) is 5.75 Å². The maximum Gasteiger partial charge on any atom is 0.273 e. The second kappa shape index (κ2) is 8.49. The van der Waals surface area contributed by atoms with Gasteiger partial charge in [-0.05, 0) is 49.4 Å². The topological polar surface area (TPSA) is 55.6 Å². The lowest BCUT2D eigenvalue weighted by Crippen LogP contribution is -2.19. The predicted molar refractivity (Wildman–Crippen MR) is 106 cm³/mol. The first-order valence-corrected chi connectivity index (χ1v) is 8.96. The van der Waals surface area contributed by atoms with Gasteiger partial charge in [0.05, 0.1) is 24.1 Å². The van der Waals surface area contributed by atoms with Gasteiger partial charge in [-0.2, -0.15) is 5.10 Å². The van der Waals surface area contributed by atoms with E-state index in [1.165, 1.54) is 0 Å². The summed E-state index contributed by atoms with van der Waals surface area (Å²) in [6, 6.07) is 16.8. The number of para-hydroxylation sites is 1. The van der Waals surface area contributed by atoms with Crippen LogP contribution < -0.4 is 10.2 Å². The molecule has 6 heteroatoms. The molecule has 0 aliphatic rings. The zero-order valence-electron chi connectivity index (χ0n) is 14.2. The monoisotopic (exact) mass is 411 g/mol. The van der Waals surface area contributed by atoms with Crippen molar-refractivity contribution in [2.75, 3.05) is 6.61 Å². The molecular formula is C20H18BrN3O2. The van der Waals surface area contributed by atoms with Crippen molar-refractivity contribution in [3.05, 3.63) is 82.6 Å². The molecule has 0 aliphatic heterocycles. The van der Waals surface area contributed by atoms with Crippen LogP contribution >= 0.6 is 15.9 Å². The van der Waals surface area contributed by atoms with Gasteiger partial charge in [-0.3, -0.25) is 4.79 Å². The first kappa shape index (κ1) is 17.9. The number of benzene rings is 2. The van der Waals surface area contributed by atoms with Crippen LogP contribution in [0, 0.1) is 0 Å². The largest absolute Gasteiger partial charge is 0.493 e. The van der Waals surface area contributed by atoms with Gasteiger partial charge in [0.25, 0.3) is 5.91 Å². The first-order valence-electron chi connectivity index (χ1n) is 8.17. The van der Waals surface area contributed by atoms with E-state index in [1.54, 1.807) is 12.3 Å². The van der Waals surface area contributed by atoms with E-state index >= 15 is 0 Å². The molecule has 1 amide bonds. The number of amides is 1. The molecule has 0 spiro atoms. The summed E-state index contributed by atoms with van der Waals surface area (Å²) in [5, 5.41) is 4.09. The third kappa shape index (κ3) is 4.21. The van der Waals surface area contributed by atoms with Gasteiger partial charge in [0.15, 0.2) is 0 Å². The number of ether oxygens (including phenoxy) is 1. The van der Waals surface area contributed by atoms with Gasteiger partial charge in [-0.1, -0.05) is 28.1 Å². The summed E-state index contributed by atoms with van der Waals surface area (Å²) in [5.74, 6) is 0.431. The molecule has 2 aromatic carbocycles. The van der Waals surface area contributed by atoms with Gasteiger partial charge < -0.3 is 9.30 Å². The zero-order valence-corrected chi connectivity index (χ0v) is 15.8. The van der Waals surface area contributed by atoms with Crippen molar-refractivity contribution in [2.45, 2.75) is 6.92 Å². The Morgan fingerprint density at radius 3 is 2.73 bits per heavy atom. The number of hydrogen-bond donors (Lipinski definition) is 1. The van der Waals surface area contributed by atoms with Crippen LogP contribution in [-0.2, 0) is 0 Å². The van der Waals surface area contributed by atoms with Crippen molar-refractivity contribution in [3.63, 3.8) is 0 Å². The lowest BCUT2D eigenvalue weighted by Gasteiger charge is -2.09. The summed E-state index contributed by atoms with van der Waals surface area (Å²) in [6.45, 7) is 2.47. The van der Waals surface area contributed by atoms with Crippen LogP contribution in [0.4, 0.5) is 0 Å². The maximum atomic E-state index is 12.5. The van der Waals surface area contributed by atoms with Gasteiger partial charge >= 0.3 is 0 Å². The fourth-order valence-corrected chi connectivity index (χ4v) is 2.89. The SMILES string of the molecule is CCOc1ccc(Br)cc1/C=N\NC(=O)c1ccccc1-n1cccc1. The maximum absolute atomic E-state index is 12.5. The summed E-state index contributed by atoms with van der Waals surface area (Å²) in [4.78, 5) is 12.5. The van der Waals surface area contributed by atoms with E-state index in [0.717, 1.165) is 15.7 Å². The molecule has 0 fully saturated rings. The lowest BCUT2D eigenvalue weighted by atomic mass is 10.1. The van der Waals surface area contributed by atoms with Crippen LogP contribution in [0.15, 0.2) is 76.6 Å². The Labute approximate surface area is 160 Å². The quantitative estimate of drug-likeness (QED) is 0.482. The van der Waals surface area contributed by atoms with E-state index in [0.29, 0.717) is 17.9 Å². The van der Waals surface area contributed by atoms with Gasteiger partial charge in [-0.15, -0.1) is 0 Å². The standard InChI is InChI=1S/C20H18BrN3O2/c1-2-26-19-10-9-16(21)13-15(19)14-22-23-20(25)17-7-3-4-8-18(17)24-11-5-6-12-24/h3-14H,2H2,1H3,(H,23,25)/b22-14-. The van der Waals surface area contributed by atoms with Gasteiger partial charge in [0.2, 0.25) is 0 Å². The number of nitrogens with one attached hydrogen (secondary N) is 1. The van der Waals surface area contributed by atoms with Crippen molar-refractivity contribution < 1.29 is 9.53 Å². The van der Waals surface area contributed by atoms with E-state index < -0.39 is 0 Å². The average Bonchev–Trinajstić information content (AvgIpc) is 3.18. The van der Waals surface area contributed by atoms with Crippen LogP contribution in [0.5, 0.6) is 5.75 Å².